The van der Waals surface area contributed by atoms with Crippen molar-refractivity contribution in [3.05, 3.63) is 24.7 Å². The molecule has 4 heteroatoms. The van der Waals surface area contributed by atoms with Crippen LogP contribution in [0.4, 0.5) is 0 Å². The van der Waals surface area contributed by atoms with Crippen LogP contribution in [0.3, 0.4) is 0 Å². The summed E-state index contributed by atoms with van der Waals surface area (Å²) < 4.78 is 6.83. The van der Waals surface area contributed by atoms with Gasteiger partial charge in [-0.3, -0.25) is 0 Å². The van der Waals surface area contributed by atoms with Crippen molar-refractivity contribution in [2.75, 3.05) is 0 Å². The second-order valence-electron chi connectivity index (χ2n) is 2.94. The lowest BCUT2D eigenvalue weighted by atomic mass is 10.5. The highest BCUT2D eigenvalue weighted by molar-refractivity contribution is 5.83. The first-order chi connectivity index (χ1) is 6.67. The molecule has 0 aliphatic carbocycles. The van der Waals surface area contributed by atoms with Crippen LogP contribution < -0.4 is 4.74 Å². The number of imidazole rings is 1. The van der Waals surface area contributed by atoms with Crippen molar-refractivity contribution in [2.24, 2.45) is 0 Å². The Morgan fingerprint density at radius 2 is 2.50 bits per heavy atom. The maximum Gasteiger partial charge on any atom is 0.336 e. The number of aryl methyl sites for hydroxylation is 2. The summed E-state index contributed by atoms with van der Waals surface area (Å²) in [7, 11) is 0. The molecule has 0 fully saturated rings. The van der Waals surface area contributed by atoms with Gasteiger partial charge in [-0.15, -0.1) is 0 Å². The number of hydrogen-bond acceptors (Lipinski definition) is 3. The quantitative estimate of drug-likeness (QED) is 0.541. The first-order valence-corrected chi connectivity index (χ1v) is 4.55. The molecule has 0 aliphatic rings. The highest BCUT2D eigenvalue weighted by Crippen LogP contribution is 2.11. The maximum absolute atomic E-state index is 10.9. The first kappa shape index (κ1) is 10.5. The SMILES string of the molecule is C=CC(=O)Oc1cn(CCC)c(C)n1. The number of ether oxygens (including phenoxy) is 1. The molecule has 0 aliphatic heterocycles. The molecule has 0 bridgehead atoms. The third-order valence-electron chi connectivity index (χ3n) is 1.79. The van der Waals surface area contributed by atoms with Crippen LogP contribution in [0, 0.1) is 6.92 Å². The molecule has 1 aromatic heterocycles. The number of carbonyl (C=O) groups is 1. The van der Waals surface area contributed by atoms with Gasteiger partial charge in [-0.2, -0.15) is 4.98 Å². The molecular weight excluding hydrogens is 180 g/mol. The summed E-state index contributed by atoms with van der Waals surface area (Å²) in [5, 5.41) is 0. The van der Waals surface area contributed by atoms with E-state index in [1.54, 1.807) is 6.20 Å². The standard InChI is InChI=1S/C10H14N2O2/c1-4-6-12-7-9(11-8(12)3)14-10(13)5-2/h5,7H,2,4,6H2,1,3H3. The van der Waals surface area contributed by atoms with Crippen LogP contribution in [0.15, 0.2) is 18.9 Å². The predicted octanol–water partition coefficient (Wildman–Crippen LogP) is 1.69. The molecule has 0 unspecified atom stereocenters. The minimum atomic E-state index is -0.480. The molecule has 0 N–H and O–H groups in total. The Hall–Kier alpha value is -1.58. The fraction of sp³-hybridized carbons (Fsp3) is 0.400. The van der Waals surface area contributed by atoms with E-state index >= 15 is 0 Å². The van der Waals surface area contributed by atoms with Gasteiger partial charge in [-0.1, -0.05) is 13.5 Å². The molecule has 0 spiro atoms. The molecule has 0 amide bonds. The molecule has 1 rings (SSSR count). The Bertz CT molecular complexity index is 342. The van der Waals surface area contributed by atoms with Gasteiger partial charge in [0.15, 0.2) is 0 Å². The third-order valence-corrected chi connectivity index (χ3v) is 1.79. The van der Waals surface area contributed by atoms with Gasteiger partial charge in [0.1, 0.15) is 5.82 Å². The van der Waals surface area contributed by atoms with E-state index in [2.05, 4.69) is 18.5 Å². The molecule has 1 aromatic rings. The number of nitrogens with zero attached hydrogens (tertiary/aromatic N) is 2. The van der Waals surface area contributed by atoms with Crippen LogP contribution in [0.25, 0.3) is 0 Å². The number of carbonyl (C=O) groups excluding carboxylic acids is 1. The van der Waals surface area contributed by atoms with Crippen LogP contribution >= 0.6 is 0 Å². The Morgan fingerprint density at radius 1 is 1.79 bits per heavy atom. The van der Waals surface area contributed by atoms with E-state index in [9.17, 15) is 4.79 Å². The molecule has 0 aromatic carbocycles. The van der Waals surface area contributed by atoms with Crippen LogP contribution in [0.2, 0.25) is 0 Å². The monoisotopic (exact) mass is 194 g/mol. The van der Waals surface area contributed by atoms with Crippen molar-refractivity contribution in [1.82, 2.24) is 9.55 Å². The number of rotatable bonds is 4. The second-order valence-corrected chi connectivity index (χ2v) is 2.94. The summed E-state index contributed by atoms with van der Waals surface area (Å²) in [5.41, 5.74) is 0. The molecule has 1 heterocycles. The average molecular weight is 194 g/mol. The molecule has 4 nitrogen and oxygen atoms in total. The zero-order valence-corrected chi connectivity index (χ0v) is 8.49. The van der Waals surface area contributed by atoms with Crippen molar-refractivity contribution < 1.29 is 9.53 Å². The van der Waals surface area contributed by atoms with E-state index in [0.29, 0.717) is 5.88 Å². The topological polar surface area (TPSA) is 44.1 Å². The number of esters is 1. The van der Waals surface area contributed by atoms with E-state index in [1.807, 2.05) is 11.5 Å². The van der Waals surface area contributed by atoms with Gasteiger partial charge in [0, 0.05) is 12.6 Å². The van der Waals surface area contributed by atoms with Gasteiger partial charge >= 0.3 is 5.97 Å². The molecule has 0 radical (unpaired) electrons. The number of aromatic nitrogens is 2. The Kier molecular flexibility index (Phi) is 3.45. The Balaban J connectivity index is 2.75. The second kappa shape index (κ2) is 4.60. The summed E-state index contributed by atoms with van der Waals surface area (Å²) in [6.07, 6.45) is 3.86. The van der Waals surface area contributed by atoms with Gasteiger partial charge in [-0.05, 0) is 13.3 Å². The van der Waals surface area contributed by atoms with Gasteiger partial charge in [-0.25, -0.2) is 4.79 Å². The summed E-state index contributed by atoms with van der Waals surface area (Å²) in [5.74, 6) is 0.700. The third kappa shape index (κ3) is 2.45. The largest absolute Gasteiger partial charge is 0.403 e. The Morgan fingerprint density at radius 3 is 3.07 bits per heavy atom. The van der Waals surface area contributed by atoms with Crippen molar-refractivity contribution >= 4 is 5.97 Å². The average Bonchev–Trinajstić information content (AvgIpc) is 2.47. The van der Waals surface area contributed by atoms with E-state index in [-0.39, 0.29) is 0 Å². The lowest BCUT2D eigenvalue weighted by molar-refractivity contribution is -0.129. The maximum atomic E-state index is 10.9. The van der Waals surface area contributed by atoms with E-state index < -0.39 is 5.97 Å². The summed E-state index contributed by atoms with van der Waals surface area (Å²) in [6, 6.07) is 0. The first-order valence-electron chi connectivity index (χ1n) is 4.55. The summed E-state index contributed by atoms with van der Waals surface area (Å²) >= 11 is 0. The zero-order valence-electron chi connectivity index (χ0n) is 8.49. The van der Waals surface area contributed by atoms with Gasteiger partial charge in [0.05, 0.1) is 6.20 Å². The highest BCUT2D eigenvalue weighted by atomic mass is 16.5. The van der Waals surface area contributed by atoms with Crippen LogP contribution in [0.1, 0.15) is 19.2 Å². The Labute approximate surface area is 83.2 Å². The summed E-state index contributed by atoms with van der Waals surface area (Å²) in [4.78, 5) is 15.0. The smallest absolute Gasteiger partial charge is 0.336 e. The highest BCUT2D eigenvalue weighted by Gasteiger charge is 2.06. The van der Waals surface area contributed by atoms with Crippen molar-refractivity contribution in [3.63, 3.8) is 0 Å². The molecule has 0 saturated carbocycles. The van der Waals surface area contributed by atoms with E-state index in [0.717, 1.165) is 24.9 Å². The molecule has 14 heavy (non-hydrogen) atoms. The van der Waals surface area contributed by atoms with Crippen molar-refractivity contribution in [2.45, 2.75) is 26.8 Å². The van der Waals surface area contributed by atoms with Crippen LogP contribution in [0.5, 0.6) is 5.88 Å². The normalized spacial score (nSPS) is 9.86. The predicted molar refractivity (Wildman–Crippen MR) is 53.1 cm³/mol. The minimum absolute atomic E-state index is 0.334. The lowest BCUT2D eigenvalue weighted by Gasteiger charge is -1.98. The lowest BCUT2D eigenvalue weighted by Crippen LogP contribution is -2.03. The van der Waals surface area contributed by atoms with Crippen molar-refractivity contribution in [3.8, 4) is 5.88 Å². The van der Waals surface area contributed by atoms with Crippen molar-refractivity contribution in [1.29, 1.82) is 0 Å². The fourth-order valence-electron chi connectivity index (χ4n) is 1.14. The molecular formula is C10H14N2O2. The molecule has 0 saturated heterocycles. The summed E-state index contributed by atoms with van der Waals surface area (Å²) in [6.45, 7) is 8.15. The van der Waals surface area contributed by atoms with Crippen LogP contribution in [-0.4, -0.2) is 15.5 Å². The minimum Gasteiger partial charge on any atom is -0.403 e. The fourth-order valence-corrected chi connectivity index (χ4v) is 1.14. The zero-order chi connectivity index (χ0) is 10.6. The van der Waals surface area contributed by atoms with E-state index in [4.69, 9.17) is 4.74 Å². The van der Waals surface area contributed by atoms with E-state index in [1.165, 1.54) is 0 Å². The van der Waals surface area contributed by atoms with Gasteiger partial charge < -0.3 is 9.30 Å². The van der Waals surface area contributed by atoms with Gasteiger partial charge in [0.2, 0.25) is 5.88 Å². The molecule has 0 atom stereocenters. The number of hydrogen-bond donors (Lipinski definition) is 0. The van der Waals surface area contributed by atoms with Gasteiger partial charge in [0.25, 0.3) is 0 Å². The van der Waals surface area contributed by atoms with Crippen LogP contribution in [-0.2, 0) is 11.3 Å². The molecule has 76 valence electrons.